The summed E-state index contributed by atoms with van der Waals surface area (Å²) in [5.41, 5.74) is 6.68. The maximum atomic E-state index is 3.92. The molecule has 2 aromatic heterocycles. The number of H-pyrrole nitrogens is 1. The van der Waals surface area contributed by atoms with E-state index in [0.29, 0.717) is 5.92 Å². The molecule has 1 N–H and O–H groups in total. The van der Waals surface area contributed by atoms with E-state index in [4.69, 9.17) is 0 Å². The van der Waals surface area contributed by atoms with Gasteiger partial charge in [0.25, 0.3) is 0 Å². The number of aromatic nitrogens is 4. The molecule has 0 spiro atoms. The number of benzene rings is 2. The molecule has 0 radical (unpaired) electrons. The number of rotatable bonds is 7. The molecule has 0 amide bonds. The SMILES string of the molecule is CC(C1=CCN(CCCc2c[nH]c3ccc(-n4cnnc4)cc23)CC1)c1ccccc1. The van der Waals surface area contributed by atoms with Crippen molar-refractivity contribution in [2.45, 2.75) is 32.1 Å². The van der Waals surface area contributed by atoms with Crippen LogP contribution in [0.5, 0.6) is 0 Å². The second kappa shape index (κ2) is 8.90. The lowest BCUT2D eigenvalue weighted by Crippen LogP contribution is -2.30. The van der Waals surface area contributed by atoms with Crippen molar-refractivity contribution < 1.29 is 0 Å². The van der Waals surface area contributed by atoms with Crippen LogP contribution in [0.2, 0.25) is 0 Å². The van der Waals surface area contributed by atoms with Gasteiger partial charge in [0.1, 0.15) is 12.7 Å². The van der Waals surface area contributed by atoms with Gasteiger partial charge in [0, 0.05) is 41.8 Å². The molecule has 1 atom stereocenters. The maximum absolute atomic E-state index is 3.92. The number of hydrogen-bond acceptors (Lipinski definition) is 3. The first kappa shape index (κ1) is 19.8. The lowest BCUT2D eigenvalue weighted by molar-refractivity contribution is 0.287. The van der Waals surface area contributed by atoms with E-state index in [2.05, 4.69) is 87.8 Å². The van der Waals surface area contributed by atoms with Gasteiger partial charge < -0.3 is 4.98 Å². The first-order chi connectivity index (χ1) is 15.3. The van der Waals surface area contributed by atoms with E-state index in [1.807, 2.05) is 4.57 Å². The highest BCUT2D eigenvalue weighted by atomic mass is 15.2. The number of nitrogens with zero attached hydrogens (tertiary/aromatic N) is 4. The molecule has 5 rings (SSSR count). The monoisotopic (exact) mass is 411 g/mol. The third-order valence-corrected chi connectivity index (χ3v) is 6.57. The van der Waals surface area contributed by atoms with Gasteiger partial charge in [-0.05, 0) is 55.1 Å². The number of nitrogens with one attached hydrogen (secondary N) is 1. The summed E-state index contributed by atoms with van der Waals surface area (Å²) in [6.45, 7) is 5.70. The topological polar surface area (TPSA) is 49.7 Å². The molecule has 1 aliphatic heterocycles. The Labute approximate surface area is 183 Å². The maximum Gasteiger partial charge on any atom is 0.123 e. The van der Waals surface area contributed by atoms with Crippen molar-refractivity contribution in [2.75, 3.05) is 19.6 Å². The molecule has 2 aromatic carbocycles. The Morgan fingerprint density at radius 2 is 1.90 bits per heavy atom. The second-order valence-corrected chi connectivity index (χ2v) is 8.48. The summed E-state index contributed by atoms with van der Waals surface area (Å²) in [5, 5.41) is 9.13. The molecular formula is C26H29N5. The Balaban J connectivity index is 1.18. The molecule has 3 heterocycles. The summed E-state index contributed by atoms with van der Waals surface area (Å²) in [5.74, 6) is 0.523. The van der Waals surface area contributed by atoms with Crippen LogP contribution in [0.1, 0.15) is 36.8 Å². The first-order valence-corrected chi connectivity index (χ1v) is 11.2. The van der Waals surface area contributed by atoms with Crippen LogP contribution in [0.15, 0.2) is 79.0 Å². The second-order valence-electron chi connectivity index (χ2n) is 8.48. The van der Waals surface area contributed by atoms with Crippen molar-refractivity contribution in [3.63, 3.8) is 0 Å². The standard InChI is InChI=1S/C26H29N5/c1-20(21-6-3-2-4-7-21)22-11-14-30(15-12-22)13-5-8-23-17-27-26-10-9-24(16-25(23)26)31-18-28-29-19-31/h2-4,6-7,9-11,16-20,27H,5,8,12-15H2,1H3. The van der Waals surface area contributed by atoms with Crippen LogP contribution in [-0.4, -0.2) is 44.3 Å². The fourth-order valence-electron chi connectivity index (χ4n) is 4.64. The molecule has 31 heavy (non-hydrogen) atoms. The molecular weight excluding hydrogens is 382 g/mol. The Morgan fingerprint density at radius 3 is 2.68 bits per heavy atom. The summed E-state index contributed by atoms with van der Waals surface area (Å²) in [4.78, 5) is 6.00. The van der Waals surface area contributed by atoms with Crippen molar-refractivity contribution >= 4 is 10.9 Å². The van der Waals surface area contributed by atoms with Gasteiger partial charge in [-0.15, -0.1) is 10.2 Å². The molecule has 5 heteroatoms. The summed E-state index contributed by atoms with van der Waals surface area (Å²) in [6, 6.07) is 17.3. The average Bonchev–Trinajstić information content (AvgIpc) is 3.50. The Morgan fingerprint density at radius 1 is 1.06 bits per heavy atom. The summed E-state index contributed by atoms with van der Waals surface area (Å²) < 4.78 is 1.95. The van der Waals surface area contributed by atoms with Crippen LogP contribution in [0.3, 0.4) is 0 Å². The molecule has 158 valence electrons. The highest BCUT2D eigenvalue weighted by Crippen LogP contribution is 2.28. The number of hydrogen-bond donors (Lipinski definition) is 1. The van der Waals surface area contributed by atoms with E-state index in [1.165, 1.54) is 34.9 Å². The molecule has 1 aliphatic rings. The Hall–Kier alpha value is -3.18. The van der Waals surface area contributed by atoms with Crippen molar-refractivity contribution in [1.29, 1.82) is 0 Å². The third-order valence-electron chi connectivity index (χ3n) is 6.57. The molecule has 5 nitrogen and oxygen atoms in total. The van der Waals surface area contributed by atoms with E-state index in [1.54, 1.807) is 18.2 Å². The van der Waals surface area contributed by atoms with Crippen LogP contribution < -0.4 is 0 Å². The smallest absolute Gasteiger partial charge is 0.123 e. The molecule has 1 unspecified atom stereocenters. The number of aromatic amines is 1. The minimum absolute atomic E-state index is 0.523. The summed E-state index contributed by atoms with van der Waals surface area (Å²) >= 11 is 0. The molecule has 0 aliphatic carbocycles. The van der Waals surface area contributed by atoms with E-state index in [9.17, 15) is 0 Å². The van der Waals surface area contributed by atoms with Crippen LogP contribution in [0.4, 0.5) is 0 Å². The van der Waals surface area contributed by atoms with E-state index < -0.39 is 0 Å². The van der Waals surface area contributed by atoms with Gasteiger partial charge in [-0.2, -0.15) is 0 Å². The first-order valence-electron chi connectivity index (χ1n) is 11.2. The summed E-state index contributed by atoms with van der Waals surface area (Å²) in [6.07, 6.45) is 11.5. The molecule has 0 saturated heterocycles. The summed E-state index contributed by atoms with van der Waals surface area (Å²) in [7, 11) is 0. The largest absolute Gasteiger partial charge is 0.361 e. The van der Waals surface area contributed by atoms with Gasteiger partial charge in [-0.1, -0.05) is 48.9 Å². The Bertz CT molecular complexity index is 1160. The van der Waals surface area contributed by atoms with Crippen LogP contribution in [0.25, 0.3) is 16.6 Å². The quantitative estimate of drug-likeness (QED) is 0.430. The van der Waals surface area contributed by atoms with Gasteiger partial charge in [0.05, 0.1) is 0 Å². The highest BCUT2D eigenvalue weighted by Gasteiger charge is 2.17. The average molecular weight is 412 g/mol. The lowest BCUT2D eigenvalue weighted by atomic mass is 9.89. The molecule has 0 fully saturated rings. The predicted octanol–water partition coefficient (Wildman–Crippen LogP) is 5.12. The van der Waals surface area contributed by atoms with E-state index >= 15 is 0 Å². The lowest BCUT2D eigenvalue weighted by Gasteiger charge is -2.29. The van der Waals surface area contributed by atoms with Crippen LogP contribution in [-0.2, 0) is 6.42 Å². The van der Waals surface area contributed by atoms with Gasteiger partial charge in [0.15, 0.2) is 0 Å². The number of aryl methyl sites for hydroxylation is 1. The van der Waals surface area contributed by atoms with Gasteiger partial charge in [-0.25, -0.2) is 0 Å². The fourth-order valence-corrected chi connectivity index (χ4v) is 4.64. The zero-order valence-electron chi connectivity index (χ0n) is 18.0. The zero-order valence-corrected chi connectivity index (χ0v) is 18.0. The molecule has 0 bridgehead atoms. The predicted molar refractivity (Wildman–Crippen MR) is 126 cm³/mol. The molecule has 4 aromatic rings. The van der Waals surface area contributed by atoms with E-state index in [0.717, 1.165) is 31.7 Å². The van der Waals surface area contributed by atoms with Gasteiger partial charge in [-0.3, -0.25) is 9.47 Å². The van der Waals surface area contributed by atoms with Crippen molar-refractivity contribution in [1.82, 2.24) is 24.6 Å². The van der Waals surface area contributed by atoms with Crippen molar-refractivity contribution in [2.24, 2.45) is 0 Å². The Kier molecular flexibility index (Phi) is 5.67. The third kappa shape index (κ3) is 4.32. The van der Waals surface area contributed by atoms with Gasteiger partial charge in [0.2, 0.25) is 0 Å². The minimum atomic E-state index is 0.523. The minimum Gasteiger partial charge on any atom is -0.361 e. The zero-order chi connectivity index (χ0) is 21.0. The van der Waals surface area contributed by atoms with Crippen molar-refractivity contribution in [3.05, 3.63) is 90.2 Å². The normalized spacial score (nSPS) is 15.8. The molecule has 0 saturated carbocycles. The van der Waals surface area contributed by atoms with Crippen LogP contribution >= 0.6 is 0 Å². The van der Waals surface area contributed by atoms with Crippen molar-refractivity contribution in [3.8, 4) is 5.69 Å². The van der Waals surface area contributed by atoms with Gasteiger partial charge >= 0.3 is 0 Å². The number of fused-ring (bicyclic) bond motifs is 1. The van der Waals surface area contributed by atoms with Crippen LogP contribution in [0, 0.1) is 0 Å². The fraction of sp³-hybridized carbons (Fsp3) is 0.308. The van der Waals surface area contributed by atoms with E-state index in [-0.39, 0.29) is 0 Å². The highest BCUT2D eigenvalue weighted by molar-refractivity contribution is 5.85.